The molecule has 2 aliphatic heterocycles. The maximum Gasteiger partial charge on any atom is 0.309 e. The number of carbonyl (C=O) groups excluding carboxylic acids is 1. The first-order valence-electron chi connectivity index (χ1n) is 9.62. The first-order chi connectivity index (χ1) is 13.4. The Balaban J connectivity index is 1.66. The normalized spacial score (nSPS) is 21.7. The number of likely N-dealkylation sites (tertiary alicyclic amines) is 1. The lowest BCUT2D eigenvalue weighted by molar-refractivity contribution is -0.145. The number of benzene rings is 1. The van der Waals surface area contributed by atoms with Crippen LogP contribution < -0.4 is 4.90 Å². The quantitative estimate of drug-likeness (QED) is 0.841. The van der Waals surface area contributed by atoms with Crippen LogP contribution in [0, 0.1) is 12.8 Å². The number of carbonyl (C=O) groups is 2. The summed E-state index contributed by atoms with van der Waals surface area (Å²) in [6.45, 7) is 3.10. The van der Waals surface area contributed by atoms with E-state index in [1.807, 2.05) is 31.2 Å². The Bertz CT molecular complexity index is 950. The molecule has 2 fully saturated rings. The first kappa shape index (κ1) is 18.7. The van der Waals surface area contributed by atoms with Gasteiger partial charge in [-0.1, -0.05) is 18.2 Å². The van der Waals surface area contributed by atoms with E-state index in [1.165, 1.54) is 0 Å². The molecule has 1 amide bonds. The van der Waals surface area contributed by atoms with E-state index in [0.717, 1.165) is 27.8 Å². The van der Waals surface area contributed by atoms with E-state index in [4.69, 9.17) is 4.98 Å². The van der Waals surface area contributed by atoms with Gasteiger partial charge in [-0.2, -0.15) is 0 Å². The summed E-state index contributed by atoms with van der Waals surface area (Å²) in [5.74, 6) is -0.924. The van der Waals surface area contributed by atoms with Crippen molar-refractivity contribution < 1.29 is 19.8 Å². The monoisotopic (exact) mass is 383 g/mol. The van der Waals surface area contributed by atoms with Crippen molar-refractivity contribution in [2.45, 2.75) is 38.3 Å². The van der Waals surface area contributed by atoms with Gasteiger partial charge in [-0.3, -0.25) is 9.59 Å². The Hall–Kier alpha value is -2.67. The van der Waals surface area contributed by atoms with E-state index in [-0.39, 0.29) is 18.9 Å². The Morgan fingerprint density at radius 1 is 1.32 bits per heavy atom. The van der Waals surface area contributed by atoms with Crippen molar-refractivity contribution in [1.82, 2.24) is 9.88 Å². The number of aliphatic hydroxyl groups excluding tert-OH is 1. The summed E-state index contributed by atoms with van der Waals surface area (Å²) in [6, 6.07) is 7.95. The van der Waals surface area contributed by atoms with Gasteiger partial charge in [0, 0.05) is 37.5 Å². The molecule has 7 nitrogen and oxygen atoms in total. The van der Waals surface area contributed by atoms with Crippen LogP contribution in [0.25, 0.3) is 10.9 Å². The number of hydrogen-bond acceptors (Lipinski definition) is 5. The summed E-state index contributed by atoms with van der Waals surface area (Å²) in [6.07, 6.45) is 1.22. The van der Waals surface area contributed by atoms with E-state index in [1.54, 1.807) is 11.9 Å². The van der Waals surface area contributed by atoms with Gasteiger partial charge >= 0.3 is 5.97 Å². The molecule has 7 heteroatoms. The number of aromatic nitrogens is 1. The van der Waals surface area contributed by atoms with Crippen LogP contribution in [-0.2, 0) is 16.2 Å². The standard InChI is InChI=1S/C21H25N3O4/c1-13-4-3-5-14-10-15(12-25)19(22-18(13)14)24-8-6-21(7-9-24)16(20(27)28)11-17(26)23(21)2/h3-5,10,16,25H,6-9,11-12H2,1-2H3,(H,27,28)/t16-/m1/s1. The van der Waals surface area contributed by atoms with Crippen LogP contribution in [0.2, 0.25) is 0 Å². The number of aryl methyl sites for hydroxylation is 1. The van der Waals surface area contributed by atoms with Crippen LogP contribution in [0.1, 0.15) is 30.4 Å². The number of amides is 1. The minimum absolute atomic E-state index is 0.0706. The molecule has 1 spiro atoms. The Morgan fingerprint density at radius 2 is 2.04 bits per heavy atom. The number of pyridine rings is 1. The molecule has 0 aliphatic carbocycles. The lowest BCUT2D eigenvalue weighted by Gasteiger charge is -2.46. The third kappa shape index (κ3) is 2.73. The molecular weight excluding hydrogens is 358 g/mol. The number of hydrogen-bond donors (Lipinski definition) is 2. The number of carboxylic acids is 1. The largest absolute Gasteiger partial charge is 0.481 e. The number of rotatable bonds is 3. The van der Waals surface area contributed by atoms with Gasteiger partial charge in [-0.25, -0.2) is 4.98 Å². The highest BCUT2D eigenvalue weighted by molar-refractivity contribution is 5.88. The van der Waals surface area contributed by atoms with E-state index in [2.05, 4.69) is 4.90 Å². The average Bonchev–Trinajstić information content (AvgIpc) is 2.93. The van der Waals surface area contributed by atoms with Crippen molar-refractivity contribution in [1.29, 1.82) is 0 Å². The molecule has 1 atom stereocenters. The van der Waals surface area contributed by atoms with Gasteiger partial charge in [0.2, 0.25) is 5.91 Å². The molecule has 0 unspecified atom stereocenters. The highest BCUT2D eigenvalue weighted by Crippen LogP contribution is 2.43. The van der Waals surface area contributed by atoms with Crippen LogP contribution in [0.4, 0.5) is 5.82 Å². The molecule has 4 rings (SSSR count). The van der Waals surface area contributed by atoms with Gasteiger partial charge in [0.15, 0.2) is 0 Å². The molecule has 0 bridgehead atoms. The molecule has 3 heterocycles. The number of aliphatic hydroxyl groups is 1. The molecule has 2 saturated heterocycles. The second-order valence-electron chi connectivity index (χ2n) is 7.91. The smallest absolute Gasteiger partial charge is 0.309 e. The van der Waals surface area contributed by atoms with Crippen LogP contribution in [0.3, 0.4) is 0 Å². The highest BCUT2D eigenvalue weighted by atomic mass is 16.4. The molecule has 2 aliphatic rings. The van der Waals surface area contributed by atoms with Crippen molar-refractivity contribution in [2.24, 2.45) is 5.92 Å². The zero-order chi connectivity index (χ0) is 20.1. The summed E-state index contributed by atoms with van der Waals surface area (Å²) in [7, 11) is 1.72. The third-order valence-corrected chi connectivity index (χ3v) is 6.57. The molecule has 28 heavy (non-hydrogen) atoms. The lowest BCUT2D eigenvalue weighted by atomic mass is 9.77. The summed E-state index contributed by atoms with van der Waals surface area (Å²) < 4.78 is 0. The van der Waals surface area contributed by atoms with Gasteiger partial charge in [0.25, 0.3) is 0 Å². The van der Waals surface area contributed by atoms with Gasteiger partial charge < -0.3 is 20.0 Å². The van der Waals surface area contributed by atoms with Crippen molar-refractivity contribution in [2.75, 3.05) is 25.0 Å². The summed E-state index contributed by atoms with van der Waals surface area (Å²) in [5.41, 5.74) is 2.11. The van der Waals surface area contributed by atoms with Crippen LogP contribution in [0.15, 0.2) is 24.3 Å². The minimum Gasteiger partial charge on any atom is -0.481 e. The number of anilines is 1. The topological polar surface area (TPSA) is 94.0 Å². The van der Waals surface area contributed by atoms with E-state index in [9.17, 15) is 19.8 Å². The van der Waals surface area contributed by atoms with Crippen LogP contribution >= 0.6 is 0 Å². The minimum atomic E-state index is -0.901. The summed E-state index contributed by atoms with van der Waals surface area (Å²) in [5, 5.41) is 20.5. The Labute approximate surface area is 163 Å². The Morgan fingerprint density at radius 3 is 2.68 bits per heavy atom. The summed E-state index contributed by atoms with van der Waals surface area (Å²) in [4.78, 5) is 32.6. The lowest BCUT2D eigenvalue weighted by Crippen LogP contribution is -2.56. The molecule has 1 aromatic carbocycles. The molecular formula is C21H25N3O4. The Kier molecular flexibility index (Phi) is 4.50. The zero-order valence-corrected chi connectivity index (χ0v) is 16.2. The molecule has 2 N–H and O–H groups in total. The number of piperidine rings is 1. The molecule has 148 valence electrons. The van der Waals surface area contributed by atoms with Crippen LogP contribution in [0.5, 0.6) is 0 Å². The predicted molar refractivity (Wildman–Crippen MR) is 105 cm³/mol. The van der Waals surface area contributed by atoms with E-state index < -0.39 is 17.4 Å². The summed E-state index contributed by atoms with van der Waals surface area (Å²) >= 11 is 0. The maximum atomic E-state index is 12.2. The van der Waals surface area contributed by atoms with Crippen molar-refractivity contribution in [3.8, 4) is 0 Å². The molecule has 0 saturated carbocycles. The fourth-order valence-corrected chi connectivity index (χ4v) is 4.86. The zero-order valence-electron chi connectivity index (χ0n) is 16.2. The number of carboxylic acid groups (broad SMARTS) is 1. The first-order valence-corrected chi connectivity index (χ1v) is 9.62. The highest BCUT2D eigenvalue weighted by Gasteiger charge is 2.55. The second-order valence-corrected chi connectivity index (χ2v) is 7.91. The fraction of sp³-hybridized carbons (Fsp3) is 0.476. The van der Waals surface area contributed by atoms with E-state index in [0.29, 0.717) is 25.9 Å². The second kappa shape index (κ2) is 6.74. The van der Waals surface area contributed by atoms with E-state index >= 15 is 0 Å². The number of nitrogens with zero attached hydrogens (tertiary/aromatic N) is 3. The van der Waals surface area contributed by atoms with Gasteiger partial charge in [0.05, 0.1) is 23.6 Å². The number of aliphatic carboxylic acids is 1. The average molecular weight is 383 g/mol. The number of fused-ring (bicyclic) bond motifs is 1. The SMILES string of the molecule is Cc1cccc2cc(CO)c(N3CCC4(CC3)[C@@H](C(=O)O)CC(=O)N4C)nc12. The van der Waals surface area contributed by atoms with Gasteiger partial charge in [-0.05, 0) is 31.4 Å². The van der Waals surface area contributed by atoms with Gasteiger partial charge in [-0.15, -0.1) is 0 Å². The predicted octanol–water partition coefficient (Wildman–Crippen LogP) is 1.94. The molecule has 0 radical (unpaired) electrons. The molecule has 2 aromatic rings. The molecule has 1 aromatic heterocycles. The van der Waals surface area contributed by atoms with Crippen molar-refractivity contribution in [3.63, 3.8) is 0 Å². The van der Waals surface area contributed by atoms with Crippen LogP contribution in [-0.4, -0.2) is 57.6 Å². The fourth-order valence-electron chi connectivity index (χ4n) is 4.86. The van der Waals surface area contributed by atoms with Crippen molar-refractivity contribution >= 4 is 28.6 Å². The van der Waals surface area contributed by atoms with Crippen molar-refractivity contribution in [3.05, 3.63) is 35.4 Å². The third-order valence-electron chi connectivity index (χ3n) is 6.57. The maximum absolute atomic E-state index is 12.2. The number of para-hydroxylation sites is 1. The van der Waals surface area contributed by atoms with Gasteiger partial charge in [0.1, 0.15) is 5.82 Å².